The highest BCUT2D eigenvalue weighted by Gasteiger charge is 2.09. The zero-order chi connectivity index (χ0) is 13.0. The Hall–Kier alpha value is -2.34. The molecule has 90 valence electrons. The van der Waals surface area contributed by atoms with Crippen molar-refractivity contribution >= 4 is 16.7 Å². The van der Waals surface area contributed by atoms with Gasteiger partial charge in [-0.25, -0.2) is 0 Å². The Morgan fingerprint density at radius 1 is 1.28 bits per heavy atom. The molecule has 0 bridgehead atoms. The molecule has 0 aliphatic carbocycles. The summed E-state index contributed by atoms with van der Waals surface area (Å²) >= 11 is 0. The third-order valence-electron chi connectivity index (χ3n) is 2.79. The average molecular weight is 238 g/mol. The average Bonchev–Trinajstić information content (AvgIpc) is 2.38. The van der Waals surface area contributed by atoms with E-state index in [2.05, 4.69) is 5.32 Å². The maximum atomic E-state index is 12.0. The van der Waals surface area contributed by atoms with E-state index in [4.69, 9.17) is 5.26 Å². The molecular weight excluding hydrogens is 224 g/mol. The number of carbonyl (C=O) groups excluding carboxylic acids is 1. The predicted octanol–water partition coefficient (Wildman–Crippen LogP) is 2.87. The molecule has 3 heteroatoms. The van der Waals surface area contributed by atoms with Crippen LogP contribution in [0.3, 0.4) is 0 Å². The number of nitriles is 1. The molecule has 0 fully saturated rings. The topological polar surface area (TPSA) is 52.9 Å². The Morgan fingerprint density at radius 3 is 2.72 bits per heavy atom. The summed E-state index contributed by atoms with van der Waals surface area (Å²) in [7, 11) is 0. The van der Waals surface area contributed by atoms with Crippen molar-refractivity contribution in [1.29, 1.82) is 5.26 Å². The number of amides is 1. The van der Waals surface area contributed by atoms with Crippen molar-refractivity contribution in [2.75, 3.05) is 0 Å². The Bertz CT molecular complexity index is 613. The van der Waals surface area contributed by atoms with Gasteiger partial charge in [0.25, 0.3) is 5.91 Å². The fraction of sp³-hybridized carbons (Fsp3) is 0.200. The van der Waals surface area contributed by atoms with Gasteiger partial charge in [0.15, 0.2) is 0 Å². The Kier molecular flexibility index (Phi) is 3.59. The van der Waals surface area contributed by atoms with Crippen molar-refractivity contribution in [2.45, 2.75) is 19.4 Å². The van der Waals surface area contributed by atoms with E-state index in [1.807, 2.05) is 49.4 Å². The van der Waals surface area contributed by atoms with Crippen molar-refractivity contribution in [2.24, 2.45) is 0 Å². The summed E-state index contributed by atoms with van der Waals surface area (Å²) in [4.78, 5) is 12.0. The summed E-state index contributed by atoms with van der Waals surface area (Å²) in [5.41, 5.74) is 0.624. The summed E-state index contributed by atoms with van der Waals surface area (Å²) in [5, 5.41) is 13.5. The van der Waals surface area contributed by atoms with Gasteiger partial charge in [-0.15, -0.1) is 0 Å². The first kappa shape index (κ1) is 12.1. The van der Waals surface area contributed by atoms with Gasteiger partial charge in [0, 0.05) is 11.6 Å². The van der Waals surface area contributed by atoms with E-state index < -0.39 is 0 Å². The molecule has 1 unspecified atom stereocenters. The van der Waals surface area contributed by atoms with Crippen LogP contribution in [0.2, 0.25) is 0 Å². The third kappa shape index (κ3) is 2.67. The number of benzene rings is 2. The van der Waals surface area contributed by atoms with Gasteiger partial charge in [-0.2, -0.15) is 5.26 Å². The molecule has 2 aromatic carbocycles. The number of hydrogen-bond acceptors (Lipinski definition) is 2. The molecule has 3 nitrogen and oxygen atoms in total. The van der Waals surface area contributed by atoms with Crippen LogP contribution >= 0.6 is 0 Å². The second-order valence-corrected chi connectivity index (χ2v) is 4.30. The number of nitrogens with zero attached hydrogens (tertiary/aromatic N) is 1. The summed E-state index contributed by atoms with van der Waals surface area (Å²) in [5.74, 6) is -0.136. The van der Waals surface area contributed by atoms with Gasteiger partial charge < -0.3 is 5.32 Å². The van der Waals surface area contributed by atoms with Crippen molar-refractivity contribution in [3.63, 3.8) is 0 Å². The molecule has 0 aromatic heterocycles. The molecule has 0 spiro atoms. The normalized spacial score (nSPS) is 11.8. The maximum absolute atomic E-state index is 12.0. The van der Waals surface area contributed by atoms with E-state index >= 15 is 0 Å². The molecule has 0 saturated heterocycles. The summed E-state index contributed by atoms with van der Waals surface area (Å²) in [6, 6.07) is 15.4. The second-order valence-electron chi connectivity index (χ2n) is 4.30. The van der Waals surface area contributed by atoms with Crippen LogP contribution in [0.25, 0.3) is 10.8 Å². The molecule has 0 heterocycles. The van der Waals surface area contributed by atoms with Crippen molar-refractivity contribution in [3.8, 4) is 6.07 Å². The van der Waals surface area contributed by atoms with Crippen molar-refractivity contribution < 1.29 is 4.79 Å². The lowest BCUT2D eigenvalue weighted by Crippen LogP contribution is -2.32. The number of rotatable bonds is 3. The van der Waals surface area contributed by atoms with E-state index in [0.717, 1.165) is 10.8 Å². The quantitative estimate of drug-likeness (QED) is 0.893. The molecule has 1 N–H and O–H groups in total. The van der Waals surface area contributed by atoms with Crippen LogP contribution in [-0.2, 0) is 0 Å². The number of hydrogen-bond donors (Lipinski definition) is 1. The van der Waals surface area contributed by atoms with Gasteiger partial charge >= 0.3 is 0 Å². The molecule has 2 rings (SSSR count). The minimum atomic E-state index is -0.136. The third-order valence-corrected chi connectivity index (χ3v) is 2.79. The Balaban J connectivity index is 2.21. The first-order valence-electron chi connectivity index (χ1n) is 5.87. The molecule has 18 heavy (non-hydrogen) atoms. The summed E-state index contributed by atoms with van der Waals surface area (Å²) in [6.45, 7) is 1.82. The minimum absolute atomic E-state index is 0.131. The molecular formula is C15H14N2O. The second kappa shape index (κ2) is 5.33. The molecule has 2 aromatic rings. The molecule has 0 radical (unpaired) electrons. The highest BCUT2D eigenvalue weighted by atomic mass is 16.1. The van der Waals surface area contributed by atoms with Gasteiger partial charge in [0.1, 0.15) is 0 Å². The van der Waals surface area contributed by atoms with E-state index in [1.165, 1.54) is 0 Å². The lowest BCUT2D eigenvalue weighted by molar-refractivity contribution is 0.0941. The van der Waals surface area contributed by atoms with E-state index in [1.54, 1.807) is 6.07 Å². The predicted molar refractivity (Wildman–Crippen MR) is 71.1 cm³/mol. The van der Waals surface area contributed by atoms with Crippen LogP contribution in [0.15, 0.2) is 42.5 Å². The Labute approximate surface area is 106 Å². The molecule has 1 atom stereocenters. The smallest absolute Gasteiger partial charge is 0.251 e. The van der Waals surface area contributed by atoms with Gasteiger partial charge in [0.05, 0.1) is 12.5 Å². The van der Waals surface area contributed by atoms with Crippen molar-refractivity contribution in [1.82, 2.24) is 5.32 Å². The van der Waals surface area contributed by atoms with Crippen LogP contribution in [0.1, 0.15) is 23.7 Å². The molecule has 0 saturated carbocycles. The molecule has 0 aliphatic rings. The fourth-order valence-corrected chi connectivity index (χ4v) is 1.83. The lowest BCUT2D eigenvalue weighted by Gasteiger charge is -2.10. The van der Waals surface area contributed by atoms with Gasteiger partial charge in [-0.1, -0.05) is 30.3 Å². The maximum Gasteiger partial charge on any atom is 0.251 e. The summed E-state index contributed by atoms with van der Waals surface area (Å²) < 4.78 is 0. The number of carbonyl (C=O) groups is 1. The molecule has 0 aliphatic heterocycles. The highest BCUT2D eigenvalue weighted by molar-refractivity contribution is 5.98. The number of nitrogens with one attached hydrogen (secondary N) is 1. The monoisotopic (exact) mass is 238 g/mol. The summed E-state index contributed by atoms with van der Waals surface area (Å²) in [6.07, 6.45) is 0.319. The van der Waals surface area contributed by atoms with Crippen LogP contribution in [0.5, 0.6) is 0 Å². The molecule has 1 amide bonds. The zero-order valence-corrected chi connectivity index (χ0v) is 10.2. The van der Waals surface area contributed by atoms with E-state index in [9.17, 15) is 4.79 Å². The highest BCUT2D eigenvalue weighted by Crippen LogP contribution is 2.15. The van der Waals surface area contributed by atoms with Gasteiger partial charge in [-0.3, -0.25) is 4.79 Å². The Morgan fingerprint density at radius 2 is 2.00 bits per heavy atom. The van der Waals surface area contributed by atoms with Gasteiger partial charge in [0.2, 0.25) is 0 Å². The largest absolute Gasteiger partial charge is 0.349 e. The van der Waals surface area contributed by atoms with Crippen molar-refractivity contribution in [3.05, 3.63) is 48.0 Å². The van der Waals surface area contributed by atoms with Crippen LogP contribution in [0.4, 0.5) is 0 Å². The van der Waals surface area contributed by atoms with Crippen LogP contribution in [-0.4, -0.2) is 11.9 Å². The first-order chi connectivity index (χ1) is 8.70. The SMILES string of the molecule is CC(CC#N)NC(=O)c1ccc2ccccc2c1. The van der Waals surface area contributed by atoms with Crippen LogP contribution < -0.4 is 5.32 Å². The lowest BCUT2D eigenvalue weighted by atomic mass is 10.1. The fourth-order valence-electron chi connectivity index (χ4n) is 1.83. The zero-order valence-electron chi connectivity index (χ0n) is 10.2. The first-order valence-corrected chi connectivity index (χ1v) is 5.87. The standard InChI is InChI=1S/C15H14N2O/c1-11(8-9-16)17-15(18)14-7-6-12-4-2-3-5-13(12)10-14/h2-7,10-11H,8H2,1H3,(H,17,18). The van der Waals surface area contributed by atoms with E-state index in [-0.39, 0.29) is 11.9 Å². The van der Waals surface area contributed by atoms with Crippen LogP contribution in [0, 0.1) is 11.3 Å². The van der Waals surface area contributed by atoms with Gasteiger partial charge in [-0.05, 0) is 29.8 Å². The van der Waals surface area contributed by atoms with E-state index in [0.29, 0.717) is 12.0 Å². The minimum Gasteiger partial charge on any atom is -0.349 e. The number of fused-ring (bicyclic) bond motifs is 1.